The fourth-order valence-corrected chi connectivity index (χ4v) is 4.81. The van der Waals surface area contributed by atoms with Crippen LogP contribution in [0.1, 0.15) is 69.7 Å². The molecule has 3 N–H and O–H groups in total. The molecule has 2 saturated heterocycles. The van der Waals surface area contributed by atoms with E-state index in [0.717, 1.165) is 25.7 Å². The second kappa shape index (κ2) is 13.9. The van der Waals surface area contributed by atoms with Gasteiger partial charge in [-0.3, -0.25) is 14.4 Å². The van der Waals surface area contributed by atoms with Gasteiger partial charge in [0.25, 0.3) is 0 Å². The number of nitrogens with zero attached hydrogens (tertiary/aromatic N) is 4. The lowest BCUT2D eigenvalue weighted by atomic mass is 9.99. The number of likely N-dealkylation sites (N-methyl/N-ethyl adjacent to an activating group) is 1. The van der Waals surface area contributed by atoms with Crippen LogP contribution in [0.15, 0.2) is 36.5 Å². The molecule has 0 spiro atoms. The zero-order chi connectivity index (χ0) is 26.8. The Morgan fingerprint density at radius 1 is 1.08 bits per heavy atom. The maximum atomic E-state index is 13.3. The Morgan fingerprint density at radius 3 is 2.43 bits per heavy atom. The molecule has 0 radical (unpaired) electrons. The highest BCUT2D eigenvalue weighted by Crippen LogP contribution is 2.31. The van der Waals surface area contributed by atoms with Crippen LogP contribution in [-0.4, -0.2) is 69.3 Å². The second-order valence-electron chi connectivity index (χ2n) is 10.1. The minimum atomic E-state index is -0.576. The third kappa shape index (κ3) is 8.11. The Bertz CT molecular complexity index is 1020. The third-order valence-corrected chi connectivity index (χ3v) is 6.78. The number of hydrogen-bond acceptors (Lipinski definition) is 6. The van der Waals surface area contributed by atoms with Gasteiger partial charge in [0.15, 0.2) is 0 Å². The lowest BCUT2D eigenvalue weighted by Crippen LogP contribution is -2.57. The number of amides is 3. The number of hydrogen-bond donors (Lipinski definition) is 3. The van der Waals surface area contributed by atoms with Crippen molar-refractivity contribution in [3.05, 3.63) is 47.8 Å². The molecular weight excluding hydrogens is 470 g/mol. The quantitative estimate of drug-likeness (QED) is 0.524. The monoisotopic (exact) mass is 511 g/mol. The van der Waals surface area contributed by atoms with Gasteiger partial charge in [-0.1, -0.05) is 54.0 Å². The molecule has 3 atom stereocenters. The summed E-state index contributed by atoms with van der Waals surface area (Å²) in [6.07, 6.45) is 6.64. The molecule has 3 unspecified atom stereocenters. The van der Waals surface area contributed by atoms with Gasteiger partial charge < -0.3 is 20.9 Å². The van der Waals surface area contributed by atoms with Crippen LogP contribution >= 0.6 is 0 Å². The largest absolute Gasteiger partial charge is 0.349 e. The van der Waals surface area contributed by atoms with E-state index in [1.807, 2.05) is 38.2 Å². The van der Waals surface area contributed by atoms with Crippen molar-refractivity contribution in [2.75, 3.05) is 13.6 Å². The fraction of sp³-hybridized carbons (Fsp3) is 0.593. The zero-order valence-corrected chi connectivity index (χ0v) is 22.4. The van der Waals surface area contributed by atoms with Crippen LogP contribution < -0.4 is 16.0 Å². The molecule has 2 aliphatic rings. The number of nitrogens with one attached hydrogen (secondary N) is 3. The van der Waals surface area contributed by atoms with E-state index < -0.39 is 12.1 Å². The Labute approximate surface area is 219 Å². The normalized spacial score (nSPS) is 21.4. The van der Waals surface area contributed by atoms with Gasteiger partial charge in [0.1, 0.15) is 17.8 Å². The predicted molar refractivity (Wildman–Crippen MR) is 141 cm³/mol. The molecule has 0 aliphatic carbocycles. The van der Waals surface area contributed by atoms with E-state index in [-0.39, 0.29) is 42.9 Å². The minimum absolute atomic E-state index is 0.0547. The smallest absolute Gasteiger partial charge is 0.246 e. The van der Waals surface area contributed by atoms with Crippen molar-refractivity contribution >= 4 is 17.7 Å². The summed E-state index contributed by atoms with van der Waals surface area (Å²) in [5, 5.41) is 16.7. The predicted octanol–water partition coefficient (Wildman–Crippen LogP) is 2.11. The topological polar surface area (TPSA) is 121 Å². The van der Waals surface area contributed by atoms with Crippen molar-refractivity contribution in [2.45, 2.75) is 90.0 Å². The number of fused-ring (bicyclic) bond motifs is 1. The third-order valence-electron chi connectivity index (χ3n) is 6.78. The van der Waals surface area contributed by atoms with Gasteiger partial charge in [0, 0.05) is 12.1 Å². The first-order valence-electron chi connectivity index (χ1n) is 13.3. The fourth-order valence-electron chi connectivity index (χ4n) is 4.81. The van der Waals surface area contributed by atoms with E-state index in [4.69, 9.17) is 0 Å². The van der Waals surface area contributed by atoms with E-state index in [1.165, 1.54) is 5.56 Å². The van der Waals surface area contributed by atoms with Crippen molar-refractivity contribution in [3.8, 4) is 0 Å². The maximum absolute atomic E-state index is 13.3. The molecule has 202 valence electrons. The molecule has 10 nitrogen and oxygen atoms in total. The molecular formula is C27H41N7O3. The standard InChI is InChI=1S/C20H33N7O3.C7H8/c1-13(2)26-12-14(24-25-26)10-22-19(29)17-9-8-15-6-4-5-7-16(20(30)27(15)17)23-18(28)11-21-3;1-7-5-3-2-4-6-7/h12-13,15-17,21H,4-11H2,1-3H3,(H,22,29)(H,23,28);2-6H,1H3. The van der Waals surface area contributed by atoms with E-state index in [1.54, 1.807) is 16.6 Å². The number of rotatable bonds is 7. The molecule has 3 heterocycles. The van der Waals surface area contributed by atoms with E-state index in [2.05, 4.69) is 45.3 Å². The van der Waals surface area contributed by atoms with Gasteiger partial charge >= 0.3 is 0 Å². The lowest BCUT2D eigenvalue weighted by molar-refractivity contribution is -0.144. The van der Waals surface area contributed by atoms with E-state index in [9.17, 15) is 14.4 Å². The SMILES string of the molecule is CNCC(=O)NC1CCCCC2CCC(C(=O)NCc3cn(C(C)C)nn3)N2C1=O.Cc1ccccc1. The molecule has 2 aliphatic heterocycles. The van der Waals surface area contributed by atoms with Crippen LogP contribution in [0.4, 0.5) is 0 Å². The molecule has 2 fully saturated rings. The number of benzene rings is 1. The van der Waals surface area contributed by atoms with Crippen molar-refractivity contribution in [1.82, 2.24) is 35.8 Å². The summed E-state index contributed by atoms with van der Waals surface area (Å²) in [6, 6.07) is 9.43. The van der Waals surface area contributed by atoms with Crippen LogP contribution in [0.5, 0.6) is 0 Å². The molecule has 37 heavy (non-hydrogen) atoms. The summed E-state index contributed by atoms with van der Waals surface area (Å²) < 4.78 is 1.74. The highest BCUT2D eigenvalue weighted by molar-refractivity contribution is 5.93. The minimum Gasteiger partial charge on any atom is -0.349 e. The Hall–Kier alpha value is -3.27. The Kier molecular flexibility index (Phi) is 10.6. The summed E-state index contributed by atoms with van der Waals surface area (Å²) >= 11 is 0. The van der Waals surface area contributed by atoms with Crippen molar-refractivity contribution in [3.63, 3.8) is 0 Å². The molecule has 0 saturated carbocycles. The number of carbonyl (C=O) groups is 3. The Balaban J connectivity index is 0.000000468. The number of carbonyl (C=O) groups excluding carboxylic acids is 3. The van der Waals surface area contributed by atoms with Crippen molar-refractivity contribution in [2.24, 2.45) is 0 Å². The van der Waals surface area contributed by atoms with Gasteiger partial charge in [0.2, 0.25) is 17.7 Å². The van der Waals surface area contributed by atoms with Gasteiger partial charge in [-0.25, -0.2) is 4.68 Å². The molecule has 0 bridgehead atoms. The van der Waals surface area contributed by atoms with Gasteiger partial charge in [-0.05, 0) is 53.5 Å². The summed E-state index contributed by atoms with van der Waals surface area (Å²) in [6.45, 7) is 6.54. The molecule has 4 rings (SSSR count). The van der Waals surface area contributed by atoms with Gasteiger partial charge in [-0.2, -0.15) is 0 Å². The first-order valence-corrected chi connectivity index (χ1v) is 13.3. The van der Waals surface area contributed by atoms with Crippen LogP contribution in [0, 0.1) is 6.92 Å². The average Bonchev–Trinajstić information content (AvgIpc) is 3.51. The highest BCUT2D eigenvalue weighted by atomic mass is 16.2. The molecule has 2 aromatic rings. The van der Waals surface area contributed by atoms with E-state index in [0.29, 0.717) is 18.5 Å². The van der Waals surface area contributed by atoms with Crippen LogP contribution in [0.25, 0.3) is 0 Å². The first kappa shape index (κ1) is 28.3. The van der Waals surface area contributed by atoms with Gasteiger partial charge in [-0.15, -0.1) is 5.10 Å². The Morgan fingerprint density at radius 2 is 1.81 bits per heavy atom. The summed E-state index contributed by atoms with van der Waals surface area (Å²) in [5.41, 5.74) is 2.00. The molecule has 10 heteroatoms. The number of aryl methyl sites for hydroxylation is 1. The van der Waals surface area contributed by atoms with Gasteiger partial charge in [0.05, 0.1) is 19.3 Å². The maximum Gasteiger partial charge on any atom is 0.246 e. The van der Waals surface area contributed by atoms with E-state index >= 15 is 0 Å². The summed E-state index contributed by atoms with van der Waals surface area (Å²) in [4.78, 5) is 40.0. The second-order valence-corrected chi connectivity index (χ2v) is 10.1. The summed E-state index contributed by atoms with van der Waals surface area (Å²) in [5.74, 6) is -0.528. The van der Waals surface area contributed by atoms with Crippen LogP contribution in [0.2, 0.25) is 0 Å². The zero-order valence-electron chi connectivity index (χ0n) is 22.4. The molecule has 1 aromatic carbocycles. The van der Waals surface area contributed by atoms with Crippen molar-refractivity contribution in [1.29, 1.82) is 0 Å². The number of aromatic nitrogens is 3. The first-order chi connectivity index (χ1) is 17.8. The van der Waals surface area contributed by atoms with Crippen molar-refractivity contribution < 1.29 is 14.4 Å². The molecule has 1 aromatic heterocycles. The lowest BCUT2D eigenvalue weighted by Gasteiger charge is -2.35. The average molecular weight is 512 g/mol. The highest BCUT2D eigenvalue weighted by Gasteiger charge is 2.43. The van der Waals surface area contributed by atoms with Crippen LogP contribution in [0.3, 0.4) is 0 Å². The summed E-state index contributed by atoms with van der Waals surface area (Å²) in [7, 11) is 1.69. The molecule has 3 amide bonds. The van der Waals surface area contributed by atoms with Crippen LogP contribution in [-0.2, 0) is 20.9 Å².